The van der Waals surface area contributed by atoms with Crippen molar-refractivity contribution in [2.75, 3.05) is 18.7 Å². The van der Waals surface area contributed by atoms with Gasteiger partial charge >= 0.3 is 0 Å². The minimum Gasteiger partial charge on any atom is -0.497 e. The zero-order valence-electron chi connectivity index (χ0n) is 11.4. The first-order chi connectivity index (χ1) is 9.80. The van der Waals surface area contributed by atoms with Gasteiger partial charge in [-0.1, -0.05) is 17.8 Å². The lowest BCUT2D eigenvalue weighted by Crippen LogP contribution is -2.03. The molecule has 0 unspecified atom stereocenters. The third kappa shape index (κ3) is 2.57. The Balaban J connectivity index is 1.95. The number of nitrogens with one attached hydrogen (secondary N) is 2. The molecule has 1 aliphatic rings. The fraction of sp³-hybridized carbons (Fsp3) is 0.286. The molecule has 5 nitrogen and oxygen atoms in total. The van der Waals surface area contributed by atoms with Crippen molar-refractivity contribution in [1.29, 1.82) is 0 Å². The molecule has 1 aromatic heterocycles. The topological polar surface area (TPSA) is 59.1 Å². The molecule has 0 amide bonds. The van der Waals surface area contributed by atoms with Crippen LogP contribution in [-0.2, 0) is 13.1 Å². The molecule has 0 atom stereocenters. The first-order valence-corrected chi connectivity index (χ1v) is 7.58. The van der Waals surface area contributed by atoms with Gasteiger partial charge in [0.05, 0.1) is 12.8 Å². The van der Waals surface area contributed by atoms with E-state index in [1.165, 1.54) is 0 Å². The molecule has 0 spiro atoms. The summed E-state index contributed by atoms with van der Waals surface area (Å²) in [4.78, 5) is 9.11. The monoisotopic (exact) mass is 288 g/mol. The van der Waals surface area contributed by atoms with Gasteiger partial charge in [-0.2, -0.15) is 0 Å². The number of nitrogens with zero attached hydrogens (tertiary/aromatic N) is 2. The van der Waals surface area contributed by atoms with E-state index in [2.05, 4.69) is 20.6 Å². The molecule has 0 radical (unpaired) electrons. The average molecular weight is 288 g/mol. The highest BCUT2D eigenvalue weighted by Crippen LogP contribution is 2.28. The van der Waals surface area contributed by atoms with Crippen molar-refractivity contribution in [2.45, 2.75) is 18.2 Å². The Morgan fingerprint density at radius 3 is 3.00 bits per heavy atom. The summed E-state index contributed by atoms with van der Waals surface area (Å²) in [5, 5.41) is 7.47. The maximum absolute atomic E-state index is 5.24. The number of fused-ring (bicyclic) bond motifs is 1. The second kappa shape index (κ2) is 5.68. The van der Waals surface area contributed by atoms with Crippen molar-refractivity contribution in [1.82, 2.24) is 15.3 Å². The SMILES string of the molecule is COc1cccc(Nc2nc(SC)nc3c2CNC3)c1. The molecule has 0 saturated carbocycles. The van der Waals surface area contributed by atoms with Gasteiger partial charge in [0.1, 0.15) is 11.6 Å². The van der Waals surface area contributed by atoms with Gasteiger partial charge < -0.3 is 15.4 Å². The second-order valence-electron chi connectivity index (χ2n) is 4.44. The first-order valence-electron chi connectivity index (χ1n) is 6.35. The fourth-order valence-electron chi connectivity index (χ4n) is 2.18. The summed E-state index contributed by atoms with van der Waals surface area (Å²) in [5.74, 6) is 1.70. The van der Waals surface area contributed by atoms with Crippen LogP contribution in [0, 0.1) is 0 Å². The number of hydrogen-bond acceptors (Lipinski definition) is 6. The van der Waals surface area contributed by atoms with E-state index >= 15 is 0 Å². The summed E-state index contributed by atoms with van der Waals surface area (Å²) >= 11 is 1.55. The van der Waals surface area contributed by atoms with E-state index in [0.717, 1.165) is 46.8 Å². The number of ether oxygens (including phenoxy) is 1. The number of benzene rings is 1. The Labute approximate surface area is 122 Å². The molecule has 104 valence electrons. The molecule has 6 heteroatoms. The molecule has 1 aliphatic heterocycles. The van der Waals surface area contributed by atoms with E-state index in [4.69, 9.17) is 4.74 Å². The van der Waals surface area contributed by atoms with Crippen LogP contribution in [0.25, 0.3) is 0 Å². The van der Waals surface area contributed by atoms with E-state index in [1.54, 1.807) is 18.9 Å². The maximum atomic E-state index is 5.24. The van der Waals surface area contributed by atoms with Crippen LogP contribution in [-0.4, -0.2) is 23.3 Å². The van der Waals surface area contributed by atoms with Gasteiger partial charge in [0.25, 0.3) is 0 Å². The Bertz CT molecular complexity index is 633. The lowest BCUT2D eigenvalue weighted by molar-refractivity contribution is 0.415. The molecule has 20 heavy (non-hydrogen) atoms. The van der Waals surface area contributed by atoms with Gasteiger partial charge in [-0.15, -0.1) is 0 Å². The van der Waals surface area contributed by atoms with Crippen molar-refractivity contribution in [3.63, 3.8) is 0 Å². The van der Waals surface area contributed by atoms with E-state index in [-0.39, 0.29) is 0 Å². The van der Waals surface area contributed by atoms with Gasteiger partial charge in [0.15, 0.2) is 5.16 Å². The number of anilines is 2. The zero-order valence-corrected chi connectivity index (χ0v) is 12.3. The number of methoxy groups -OCH3 is 1. The van der Waals surface area contributed by atoms with Gasteiger partial charge in [-0.05, 0) is 18.4 Å². The van der Waals surface area contributed by atoms with Gasteiger partial charge in [0, 0.05) is 30.4 Å². The summed E-state index contributed by atoms with van der Waals surface area (Å²) < 4.78 is 5.24. The lowest BCUT2D eigenvalue weighted by Gasteiger charge is -2.11. The highest BCUT2D eigenvalue weighted by molar-refractivity contribution is 7.98. The molecule has 3 rings (SSSR count). The number of hydrogen-bond donors (Lipinski definition) is 2. The lowest BCUT2D eigenvalue weighted by atomic mass is 10.2. The summed E-state index contributed by atoms with van der Waals surface area (Å²) in [6.07, 6.45) is 1.99. The molecule has 0 fully saturated rings. The third-order valence-corrected chi connectivity index (χ3v) is 3.73. The highest BCUT2D eigenvalue weighted by Gasteiger charge is 2.18. The quantitative estimate of drug-likeness (QED) is 0.666. The molecule has 1 aromatic carbocycles. The largest absolute Gasteiger partial charge is 0.497 e. The molecule has 2 N–H and O–H groups in total. The number of rotatable bonds is 4. The van der Waals surface area contributed by atoms with E-state index in [9.17, 15) is 0 Å². The van der Waals surface area contributed by atoms with Crippen LogP contribution >= 0.6 is 11.8 Å². The standard InChI is InChI=1S/C14H16N4OS/c1-19-10-5-3-4-9(6-10)16-13-11-7-15-8-12(11)17-14(18-13)20-2/h3-6,15H,7-8H2,1-2H3,(H,16,17,18). The second-order valence-corrected chi connectivity index (χ2v) is 5.22. The molecule has 0 bridgehead atoms. The van der Waals surface area contributed by atoms with Crippen molar-refractivity contribution < 1.29 is 4.74 Å². The summed E-state index contributed by atoms with van der Waals surface area (Å²) in [5.41, 5.74) is 3.18. The van der Waals surface area contributed by atoms with Crippen molar-refractivity contribution >= 4 is 23.3 Å². The maximum Gasteiger partial charge on any atom is 0.189 e. The minimum atomic E-state index is 0.790. The predicted octanol–water partition coefficient (Wildman–Crippen LogP) is 2.55. The number of aromatic nitrogens is 2. The highest BCUT2D eigenvalue weighted by atomic mass is 32.2. The predicted molar refractivity (Wildman–Crippen MR) is 80.6 cm³/mol. The smallest absolute Gasteiger partial charge is 0.189 e. The Morgan fingerprint density at radius 1 is 1.30 bits per heavy atom. The van der Waals surface area contributed by atoms with Crippen LogP contribution in [0.4, 0.5) is 11.5 Å². The van der Waals surface area contributed by atoms with Crippen LogP contribution in [0.15, 0.2) is 29.4 Å². The summed E-state index contributed by atoms with van der Waals surface area (Å²) in [6, 6.07) is 7.83. The van der Waals surface area contributed by atoms with Crippen LogP contribution in [0.1, 0.15) is 11.3 Å². The van der Waals surface area contributed by atoms with Crippen LogP contribution in [0.5, 0.6) is 5.75 Å². The van der Waals surface area contributed by atoms with Crippen LogP contribution < -0.4 is 15.4 Å². The van der Waals surface area contributed by atoms with E-state index in [0.29, 0.717) is 0 Å². The molecule has 2 heterocycles. The van der Waals surface area contributed by atoms with E-state index in [1.807, 2.05) is 30.5 Å². The van der Waals surface area contributed by atoms with Crippen LogP contribution in [0.3, 0.4) is 0 Å². The normalized spacial score (nSPS) is 13.1. The number of thioether (sulfide) groups is 1. The molecule has 0 saturated heterocycles. The van der Waals surface area contributed by atoms with Gasteiger partial charge in [0.2, 0.25) is 0 Å². The van der Waals surface area contributed by atoms with Gasteiger partial charge in [-0.25, -0.2) is 9.97 Å². The zero-order chi connectivity index (χ0) is 13.9. The fourth-order valence-corrected chi connectivity index (χ4v) is 2.56. The van der Waals surface area contributed by atoms with Gasteiger partial charge in [-0.3, -0.25) is 0 Å². The Kier molecular flexibility index (Phi) is 3.75. The third-order valence-electron chi connectivity index (χ3n) is 3.18. The average Bonchev–Trinajstić information content (AvgIpc) is 2.96. The van der Waals surface area contributed by atoms with E-state index < -0.39 is 0 Å². The van der Waals surface area contributed by atoms with Crippen molar-refractivity contribution in [3.05, 3.63) is 35.5 Å². The Morgan fingerprint density at radius 2 is 2.20 bits per heavy atom. The van der Waals surface area contributed by atoms with Crippen molar-refractivity contribution in [2.24, 2.45) is 0 Å². The molecular formula is C14H16N4OS. The molecule has 2 aromatic rings. The first kappa shape index (κ1) is 13.2. The molecular weight excluding hydrogens is 272 g/mol. The molecule has 0 aliphatic carbocycles. The summed E-state index contributed by atoms with van der Waals surface area (Å²) in [7, 11) is 1.66. The Hall–Kier alpha value is -1.79. The van der Waals surface area contributed by atoms with Crippen molar-refractivity contribution in [3.8, 4) is 5.75 Å². The van der Waals surface area contributed by atoms with Crippen LogP contribution in [0.2, 0.25) is 0 Å². The minimum absolute atomic E-state index is 0.790. The summed E-state index contributed by atoms with van der Waals surface area (Å²) in [6.45, 7) is 1.61.